The molecule has 0 bridgehead atoms. The molecule has 4 nitrogen and oxygen atoms in total. The molecule has 0 heterocycles. The minimum absolute atomic E-state index is 0.00941. The lowest BCUT2D eigenvalue weighted by Gasteiger charge is -2.12. The number of carbonyl (C=O) groups excluding carboxylic acids is 2. The van der Waals surface area contributed by atoms with Gasteiger partial charge in [-0.3, -0.25) is 9.59 Å². The molecular formula is C16H24N2O2S. The molecule has 0 aliphatic carbocycles. The van der Waals surface area contributed by atoms with Gasteiger partial charge >= 0.3 is 0 Å². The molecule has 2 N–H and O–H groups in total. The van der Waals surface area contributed by atoms with Gasteiger partial charge in [0.05, 0.1) is 6.54 Å². The fourth-order valence-electron chi connectivity index (χ4n) is 1.66. The van der Waals surface area contributed by atoms with Crippen LogP contribution in [0.25, 0.3) is 0 Å². The Morgan fingerprint density at radius 3 is 2.52 bits per heavy atom. The van der Waals surface area contributed by atoms with Crippen molar-refractivity contribution < 1.29 is 9.59 Å². The zero-order valence-electron chi connectivity index (χ0n) is 13.2. The van der Waals surface area contributed by atoms with E-state index in [0.717, 1.165) is 17.7 Å². The molecule has 1 atom stereocenters. The number of hydrogen-bond acceptors (Lipinski definition) is 3. The second-order valence-electron chi connectivity index (χ2n) is 4.99. The SMILES string of the molecule is CCC(=O)NCC(=O)Nc1ccc(SC(C)CC)cc1C. The number of amides is 2. The quantitative estimate of drug-likeness (QED) is 0.759. The summed E-state index contributed by atoms with van der Waals surface area (Å²) in [5, 5.41) is 5.96. The number of anilines is 1. The van der Waals surface area contributed by atoms with Crippen LogP contribution in [0, 0.1) is 6.92 Å². The summed E-state index contributed by atoms with van der Waals surface area (Å²) in [6.45, 7) is 8.11. The van der Waals surface area contributed by atoms with E-state index in [0.29, 0.717) is 11.7 Å². The second-order valence-corrected chi connectivity index (χ2v) is 6.50. The zero-order valence-corrected chi connectivity index (χ0v) is 14.0. The predicted octanol–water partition coefficient (Wildman–Crippen LogP) is 3.35. The molecule has 0 aliphatic heterocycles. The van der Waals surface area contributed by atoms with E-state index in [-0.39, 0.29) is 18.4 Å². The standard InChI is InChI=1S/C16H24N2O2S/c1-5-12(4)21-13-7-8-14(11(3)9-13)18-16(20)10-17-15(19)6-2/h7-9,12H,5-6,10H2,1-4H3,(H,17,19)(H,18,20). The van der Waals surface area contributed by atoms with Crippen molar-refractivity contribution in [3.8, 4) is 0 Å². The molecule has 1 unspecified atom stereocenters. The van der Waals surface area contributed by atoms with Gasteiger partial charge < -0.3 is 10.6 Å². The van der Waals surface area contributed by atoms with Crippen LogP contribution < -0.4 is 10.6 Å². The van der Waals surface area contributed by atoms with Crippen molar-refractivity contribution in [3.63, 3.8) is 0 Å². The Balaban J connectivity index is 2.60. The highest BCUT2D eigenvalue weighted by Crippen LogP contribution is 2.28. The molecule has 5 heteroatoms. The summed E-state index contributed by atoms with van der Waals surface area (Å²) in [6.07, 6.45) is 1.51. The maximum Gasteiger partial charge on any atom is 0.243 e. The van der Waals surface area contributed by atoms with Crippen molar-refractivity contribution in [2.45, 2.75) is 50.7 Å². The van der Waals surface area contributed by atoms with Crippen molar-refractivity contribution >= 4 is 29.3 Å². The van der Waals surface area contributed by atoms with E-state index in [4.69, 9.17) is 0 Å². The van der Waals surface area contributed by atoms with Crippen LogP contribution in [0.3, 0.4) is 0 Å². The normalized spacial score (nSPS) is 11.8. The van der Waals surface area contributed by atoms with Crippen molar-refractivity contribution in [1.82, 2.24) is 5.32 Å². The molecule has 21 heavy (non-hydrogen) atoms. The van der Waals surface area contributed by atoms with Gasteiger partial charge in [0, 0.05) is 22.3 Å². The summed E-state index contributed by atoms with van der Waals surface area (Å²) in [7, 11) is 0. The third-order valence-corrected chi connectivity index (χ3v) is 4.41. The van der Waals surface area contributed by atoms with E-state index < -0.39 is 0 Å². The number of rotatable bonds is 7. The van der Waals surface area contributed by atoms with Crippen LogP contribution in [0.15, 0.2) is 23.1 Å². The summed E-state index contributed by atoms with van der Waals surface area (Å²) in [6, 6.07) is 6.01. The largest absolute Gasteiger partial charge is 0.347 e. The van der Waals surface area contributed by atoms with Crippen LogP contribution in [-0.2, 0) is 9.59 Å². The first kappa shape index (κ1) is 17.6. The molecular weight excluding hydrogens is 284 g/mol. The van der Waals surface area contributed by atoms with Gasteiger partial charge in [-0.15, -0.1) is 11.8 Å². The van der Waals surface area contributed by atoms with Crippen LogP contribution >= 0.6 is 11.8 Å². The molecule has 116 valence electrons. The average molecular weight is 308 g/mol. The maximum atomic E-state index is 11.8. The van der Waals surface area contributed by atoms with E-state index in [1.54, 1.807) is 6.92 Å². The van der Waals surface area contributed by atoms with Crippen molar-refractivity contribution in [2.75, 3.05) is 11.9 Å². The highest BCUT2D eigenvalue weighted by Gasteiger charge is 2.08. The van der Waals surface area contributed by atoms with Gasteiger partial charge in [-0.2, -0.15) is 0 Å². The van der Waals surface area contributed by atoms with Gasteiger partial charge in [-0.25, -0.2) is 0 Å². The van der Waals surface area contributed by atoms with E-state index in [9.17, 15) is 9.59 Å². The topological polar surface area (TPSA) is 58.2 Å². The van der Waals surface area contributed by atoms with Crippen molar-refractivity contribution in [1.29, 1.82) is 0 Å². The Labute approximate surface area is 131 Å². The highest BCUT2D eigenvalue weighted by molar-refractivity contribution is 7.99. The third kappa shape index (κ3) is 6.21. The molecule has 0 spiro atoms. The Hall–Kier alpha value is -1.49. The molecule has 0 aliphatic rings. The third-order valence-electron chi connectivity index (χ3n) is 3.15. The fraction of sp³-hybridized carbons (Fsp3) is 0.500. The van der Waals surface area contributed by atoms with Crippen LogP contribution in [0.2, 0.25) is 0 Å². The summed E-state index contributed by atoms with van der Waals surface area (Å²) < 4.78 is 0. The molecule has 1 aromatic rings. The van der Waals surface area contributed by atoms with Gasteiger partial charge in [0.15, 0.2) is 0 Å². The molecule has 0 aromatic heterocycles. The molecule has 2 amide bonds. The summed E-state index contributed by atoms with van der Waals surface area (Å²) in [4.78, 5) is 24.1. The summed E-state index contributed by atoms with van der Waals surface area (Å²) in [5.41, 5.74) is 1.82. The molecule has 0 radical (unpaired) electrons. The fourth-order valence-corrected chi connectivity index (χ4v) is 2.69. The predicted molar refractivity (Wildman–Crippen MR) is 88.7 cm³/mol. The van der Waals surface area contributed by atoms with E-state index in [1.165, 1.54) is 4.90 Å². The summed E-state index contributed by atoms with van der Waals surface area (Å²) in [5.74, 6) is -0.329. The lowest BCUT2D eigenvalue weighted by Crippen LogP contribution is -2.32. The first-order chi connectivity index (χ1) is 9.96. The summed E-state index contributed by atoms with van der Waals surface area (Å²) >= 11 is 1.83. The first-order valence-electron chi connectivity index (χ1n) is 7.30. The lowest BCUT2D eigenvalue weighted by molar-refractivity contribution is -0.123. The Morgan fingerprint density at radius 2 is 1.95 bits per heavy atom. The average Bonchev–Trinajstić information content (AvgIpc) is 2.47. The van der Waals surface area contributed by atoms with Gasteiger partial charge in [-0.1, -0.05) is 20.8 Å². The van der Waals surface area contributed by atoms with Crippen LogP contribution in [-0.4, -0.2) is 23.6 Å². The number of carbonyl (C=O) groups is 2. The van der Waals surface area contributed by atoms with Crippen molar-refractivity contribution in [2.24, 2.45) is 0 Å². The number of hydrogen-bond donors (Lipinski definition) is 2. The minimum atomic E-state index is -0.206. The molecule has 1 rings (SSSR count). The van der Waals surface area contributed by atoms with E-state index in [1.807, 2.05) is 30.8 Å². The molecule has 0 saturated carbocycles. The highest BCUT2D eigenvalue weighted by atomic mass is 32.2. The van der Waals surface area contributed by atoms with Gasteiger partial charge in [0.1, 0.15) is 0 Å². The number of benzene rings is 1. The van der Waals surface area contributed by atoms with Crippen LogP contribution in [0.5, 0.6) is 0 Å². The second kappa shape index (κ2) is 8.72. The number of aryl methyl sites for hydroxylation is 1. The smallest absolute Gasteiger partial charge is 0.243 e. The van der Waals surface area contributed by atoms with Gasteiger partial charge in [0.2, 0.25) is 11.8 Å². The Bertz CT molecular complexity index is 503. The molecule has 0 fully saturated rings. The van der Waals surface area contributed by atoms with Crippen molar-refractivity contribution in [3.05, 3.63) is 23.8 Å². The van der Waals surface area contributed by atoms with E-state index in [2.05, 4.69) is 30.5 Å². The van der Waals surface area contributed by atoms with Gasteiger partial charge in [-0.05, 0) is 37.1 Å². The van der Waals surface area contributed by atoms with Crippen LogP contribution in [0.1, 0.15) is 39.2 Å². The monoisotopic (exact) mass is 308 g/mol. The zero-order chi connectivity index (χ0) is 15.8. The molecule has 0 saturated heterocycles. The number of thioether (sulfide) groups is 1. The first-order valence-corrected chi connectivity index (χ1v) is 8.18. The van der Waals surface area contributed by atoms with Crippen LogP contribution in [0.4, 0.5) is 5.69 Å². The minimum Gasteiger partial charge on any atom is -0.347 e. The van der Waals surface area contributed by atoms with Gasteiger partial charge in [0.25, 0.3) is 0 Å². The van der Waals surface area contributed by atoms with E-state index >= 15 is 0 Å². The Morgan fingerprint density at radius 1 is 1.24 bits per heavy atom. The Kier molecular flexibility index (Phi) is 7.29. The maximum absolute atomic E-state index is 11.8. The lowest BCUT2D eigenvalue weighted by atomic mass is 10.2. The number of nitrogens with one attached hydrogen (secondary N) is 2. The molecule has 1 aromatic carbocycles.